The second-order valence-corrected chi connectivity index (χ2v) is 5.70. The smallest absolute Gasteiger partial charge is 0.220 e. The zero-order valence-electron chi connectivity index (χ0n) is 13.8. The second-order valence-electron chi connectivity index (χ2n) is 5.26. The monoisotopic (exact) mass is 347 g/mol. The predicted octanol–water partition coefficient (Wildman–Crippen LogP) is 4.21. The summed E-state index contributed by atoms with van der Waals surface area (Å²) in [6.07, 6.45) is 1.10. The van der Waals surface area contributed by atoms with Crippen molar-refractivity contribution in [2.24, 2.45) is 0 Å². The van der Waals surface area contributed by atoms with Gasteiger partial charge in [0, 0.05) is 18.0 Å². The first kappa shape index (κ1) is 18.1. The highest BCUT2D eigenvalue weighted by atomic mass is 35.5. The lowest BCUT2D eigenvalue weighted by Gasteiger charge is -2.08. The standard InChI is InChI=1S/C19H22ClNO3/c1-2-23-17-9-5-15(6-10-17)14-21-19(22)4-3-13-24-18-11-7-16(20)8-12-18/h5-12H,2-4,13-14H2,1H3,(H,21,22). The van der Waals surface area contributed by atoms with Crippen LogP contribution in [-0.2, 0) is 11.3 Å². The molecule has 0 unspecified atom stereocenters. The Hall–Kier alpha value is -2.20. The van der Waals surface area contributed by atoms with Gasteiger partial charge >= 0.3 is 0 Å². The molecule has 0 saturated heterocycles. The molecular weight excluding hydrogens is 326 g/mol. The van der Waals surface area contributed by atoms with Crippen molar-refractivity contribution in [3.8, 4) is 11.5 Å². The van der Waals surface area contributed by atoms with Crippen molar-refractivity contribution >= 4 is 17.5 Å². The molecule has 5 heteroatoms. The molecule has 0 radical (unpaired) electrons. The first-order valence-electron chi connectivity index (χ1n) is 8.04. The van der Waals surface area contributed by atoms with Crippen LogP contribution < -0.4 is 14.8 Å². The van der Waals surface area contributed by atoms with Gasteiger partial charge in [0.05, 0.1) is 13.2 Å². The van der Waals surface area contributed by atoms with Crippen LogP contribution in [0.15, 0.2) is 48.5 Å². The number of carbonyl (C=O) groups is 1. The van der Waals surface area contributed by atoms with E-state index in [2.05, 4.69) is 5.32 Å². The fourth-order valence-corrected chi connectivity index (χ4v) is 2.24. The lowest BCUT2D eigenvalue weighted by molar-refractivity contribution is -0.121. The summed E-state index contributed by atoms with van der Waals surface area (Å²) in [6.45, 7) is 3.61. The van der Waals surface area contributed by atoms with Crippen LogP contribution in [0, 0.1) is 0 Å². The largest absolute Gasteiger partial charge is 0.494 e. The minimum absolute atomic E-state index is 0.0172. The molecule has 0 heterocycles. The fourth-order valence-electron chi connectivity index (χ4n) is 2.11. The molecule has 0 aromatic heterocycles. The number of hydrogen-bond donors (Lipinski definition) is 1. The number of ether oxygens (including phenoxy) is 2. The van der Waals surface area contributed by atoms with Crippen LogP contribution in [-0.4, -0.2) is 19.1 Å². The van der Waals surface area contributed by atoms with Gasteiger partial charge < -0.3 is 14.8 Å². The maximum atomic E-state index is 11.8. The average molecular weight is 348 g/mol. The fraction of sp³-hybridized carbons (Fsp3) is 0.316. The molecular formula is C19H22ClNO3. The van der Waals surface area contributed by atoms with Crippen LogP contribution in [0.1, 0.15) is 25.3 Å². The summed E-state index contributed by atoms with van der Waals surface area (Å²) in [4.78, 5) is 11.8. The summed E-state index contributed by atoms with van der Waals surface area (Å²) >= 11 is 5.81. The molecule has 1 amide bonds. The highest BCUT2D eigenvalue weighted by Gasteiger charge is 2.02. The Morgan fingerprint density at radius 2 is 1.62 bits per heavy atom. The van der Waals surface area contributed by atoms with E-state index >= 15 is 0 Å². The Kier molecular flexibility index (Phi) is 7.43. The van der Waals surface area contributed by atoms with Crippen molar-refractivity contribution in [1.29, 1.82) is 0 Å². The molecule has 1 N–H and O–H groups in total. The number of rotatable bonds is 9. The molecule has 24 heavy (non-hydrogen) atoms. The summed E-state index contributed by atoms with van der Waals surface area (Å²) in [7, 11) is 0. The molecule has 0 aliphatic rings. The molecule has 2 rings (SSSR count). The van der Waals surface area contributed by atoms with Gasteiger partial charge in [-0.3, -0.25) is 4.79 Å². The molecule has 0 fully saturated rings. The van der Waals surface area contributed by atoms with E-state index < -0.39 is 0 Å². The molecule has 0 saturated carbocycles. The van der Waals surface area contributed by atoms with E-state index in [4.69, 9.17) is 21.1 Å². The van der Waals surface area contributed by atoms with Gasteiger partial charge in [0.1, 0.15) is 11.5 Å². The van der Waals surface area contributed by atoms with E-state index in [9.17, 15) is 4.79 Å². The highest BCUT2D eigenvalue weighted by Crippen LogP contribution is 2.15. The van der Waals surface area contributed by atoms with Crippen molar-refractivity contribution < 1.29 is 14.3 Å². The van der Waals surface area contributed by atoms with E-state index in [0.717, 1.165) is 17.1 Å². The Morgan fingerprint density at radius 1 is 1.00 bits per heavy atom. The summed E-state index contributed by atoms with van der Waals surface area (Å²) in [5.41, 5.74) is 1.05. The number of carbonyl (C=O) groups excluding carboxylic acids is 1. The Labute approximate surface area is 147 Å². The number of halogens is 1. The van der Waals surface area contributed by atoms with Gasteiger partial charge in [-0.15, -0.1) is 0 Å². The first-order valence-corrected chi connectivity index (χ1v) is 8.42. The molecule has 0 bridgehead atoms. The third kappa shape index (κ3) is 6.50. The average Bonchev–Trinajstić information content (AvgIpc) is 2.60. The number of nitrogens with one attached hydrogen (secondary N) is 1. The van der Waals surface area contributed by atoms with Gasteiger partial charge in [0.15, 0.2) is 0 Å². The van der Waals surface area contributed by atoms with Crippen LogP contribution in [0.25, 0.3) is 0 Å². The van der Waals surface area contributed by atoms with Crippen molar-refractivity contribution in [3.63, 3.8) is 0 Å². The lowest BCUT2D eigenvalue weighted by atomic mass is 10.2. The van der Waals surface area contributed by atoms with Crippen molar-refractivity contribution in [1.82, 2.24) is 5.32 Å². The Morgan fingerprint density at radius 3 is 2.29 bits per heavy atom. The van der Waals surface area contributed by atoms with E-state index in [-0.39, 0.29) is 5.91 Å². The quantitative estimate of drug-likeness (QED) is 0.691. The normalized spacial score (nSPS) is 10.2. The topological polar surface area (TPSA) is 47.6 Å². The molecule has 128 valence electrons. The highest BCUT2D eigenvalue weighted by molar-refractivity contribution is 6.30. The van der Waals surface area contributed by atoms with Gasteiger partial charge in [-0.05, 0) is 55.3 Å². The first-order chi connectivity index (χ1) is 11.7. The minimum Gasteiger partial charge on any atom is -0.494 e. The van der Waals surface area contributed by atoms with Crippen molar-refractivity contribution in [2.75, 3.05) is 13.2 Å². The van der Waals surface area contributed by atoms with Crippen LogP contribution >= 0.6 is 11.6 Å². The zero-order chi connectivity index (χ0) is 17.2. The predicted molar refractivity (Wildman–Crippen MR) is 95.6 cm³/mol. The molecule has 0 spiro atoms. The third-order valence-electron chi connectivity index (χ3n) is 3.35. The Balaban J connectivity index is 1.61. The SMILES string of the molecule is CCOc1ccc(CNC(=O)CCCOc2ccc(Cl)cc2)cc1. The van der Waals surface area contributed by atoms with Crippen LogP contribution in [0.2, 0.25) is 5.02 Å². The van der Waals surface area contributed by atoms with Crippen LogP contribution in [0.3, 0.4) is 0 Å². The van der Waals surface area contributed by atoms with E-state index in [1.165, 1.54) is 0 Å². The summed E-state index contributed by atoms with van der Waals surface area (Å²) in [5, 5.41) is 3.58. The molecule has 0 aliphatic carbocycles. The lowest BCUT2D eigenvalue weighted by Crippen LogP contribution is -2.22. The third-order valence-corrected chi connectivity index (χ3v) is 3.61. The summed E-state index contributed by atoms with van der Waals surface area (Å²) in [6, 6.07) is 14.9. The van der Waals surface area contributed by atoms with Crippen molar-refractivity contribution in [3.05, 3.63) is 59.1 Å². The minimum atomic E-state index is 0.0172. The molecule has 2 aromatic rings. The van der Waals surface area contributed by atoms with Gasteiger partial charge in [0.25, 0.3) is 0 Å². The van der Waals surface area contributed by atoms with E-state index in [0.29, 0.717) is 37.6 Å². The second kappa shape index (κ2) is 9.83. The van der Waals surface area contributed by atoms with Crippen LogP contribution in [0.4, 0.5) is 0 Å². The number of benzene rings is 2. The zero-order valence-corrected chi connectivity index (χ0v) is 14.5. The van der Waals surface area contributed by atoms with Crippen molar-refractivity contribution in [2.45, 2.75) is 26.3 Å². The molecule has 2 aromatic carbocycles. The van der Waals surface area contributed by atoms with Gasteiger partial charge in [-0.1, -0.05) is 23.7 Å². The van der Waals surface area contributed by atoms with E-state index in [1.54, 1.807) is 12.1 Å². The van der Waals surface area contributed by atoms with Gasteiger partial charge in [0.2, 0.25) is 5.91 Å². The van der Waals surface area contributed by atoms with Crippen LogP contribution in [0.5, 0.6) is 11.5 Å². The molecule has 0 aliphatic heterocycles. The van der Waals surface area contributed by atoms with Gasteiger partial charge in [-0.25, -0.2) is 0 Å². The summed E-state index contributed by atoms with van der Waals surface area (Å²) in [5.74, 6) is 1.62. The molecule has 0 atom stereocenters. The maximum absolute atomic E-state index is 11.8. The maximum Gasteiger partial charge on any atom is 0.220 e. The number of amides is 1. The Bertz CT molecular complexity index is 626. The number of hydrogen-bond acceptors (Lipinski definition) is 3. The van der Waals surface area contributed by atoms with E-state index in [1.807, 2.05) is 43.3 Å². The summed E-state index contributed by atoms with van der Waals surface area (Å²) < 4.78 is 10.9. The molecule has 4 nitrogen and oxygen atoms in total. The van der Waals surface area contributed by atoms with Gasteiger partial charge in [-0.2, -0.15) is 0 Å².